The minimum atomic E-state index is 0.0321. The third-order valence-corrected chi connectivity index (χ3v) is 4.48. The zero-order valence-corrected chi connectivity index (χ0v) is 12.0. The van der Waals surface area contributed by atoms with E-state index in [1.807, 2.05) is 31.3 Å². The number of carbonyl (C=O) groups excluding carboxylic acids is 1. The second kappa shape index (κ2) is 6.09. The van der Waals surface area contributed by atoms with Gasteiger partial charge in [-0.15, -0.1) is 0 Å². The Morgan fingerprint density at radius 1 is 1.26 bits per heavy atom. The highest BCUT2D eigenvalue weighted by atomic mass is 16.1. The van der Waals surface area contributed by atoms with Crippen LogP contribution in [-0.4, -0.2) is 19.5 Å². The Labute approximate surface area is 115 Å². The lowest BCUT2D eigenvalue weighted by Crippen LogP contribution is -2.35. The summed E-state index contributed by atoms with van der Waals surface area (Å²) in [6.07, 6.45) is 6.25. The van der Waals surface area contributed by atoms with E-state index in [0.717, 1.165) is 24.2 Å². The summed E-state index contributed by atoms with van der Waals surface area (Å²) in [6, 6.07) is 7.64. The van der Waals surface area contributed by atoms with Crippen LogP contribution >= 0.6 is 0 Å². The largest absolute Gasteiger partial charge is 0.387 e. The highest BCUT2D eigenvalue weighted by Gasteiger charge is 2.32. The molecule has 1 aromatic rings. The van der Waals surface area contributed by atoms with Crippen LogP contribution in [0.3, 0.4) is 0 Å². The van der Waals surface area contributed by atoms with E-state index in [1.165, 1.54) is 25.7 Å². The summed E-state index contributed by atoms with van der Waals surface area (Å²) in [5.74, 6) is 0.0321. The molecule has 0 bridgehead atoms. The Hall–Kier alpha value is -1.51. The van der Waals surface area contributed by atoms with E-state index in [0.29, 0.717) is 5.41 Å². The van der Waals surface area contributed by atoms with Crippen LogP contribution in [-0.2, 0) is 0 Å². The van der Waals surface area contributed by atoms with Crippen molar-refractivity contribution in [1.29, 1.82) is 0 Å². The molecule has 1 aromatic carbocycles. The van der Waals surface area contributed by atoms with Gasteiger partial charge in [0.15, 0.2) is 0 Å². The summed E-state index contributed by atoms with van der Waals surface area (Å²) < 4.78 is 0. The average molecular weight is 260 g/mol. The quantitative estimate of drug-likeness (QED) is 0.851. The van der Waals surface area contributed by atoms with Gasteiger partial charge in [0.2, 0.25) is 0 Å². The second-order valence-corrected chi connectivity index (χ2v) is 5.54. The molecule has 1 aliphatic carbocycles. The van der Waals surface area contributed by atoms with Gasteiger partial charge in [0.25, 0.3) is 5.91 Å². The fourth-order valence-electron chi connectivity index (χ4n) is 3.04. The van der Waals surface area contributed by atoms with Gasteiger partial charge in [0.05, 0.1) is 5.56 Å². The minimum Gasteiger partial charge on any atom is -0.387 e. The molecule has 0 aromatic heterocycles. The third-order valence-electron chi connectivity index (χ3n) is 4.48. The van der Waals surface area contributed by atoms with Crippen molar-refractivity contribution in [3.63, 3.8) is 0 Å². The number of anilines is 1. The van der Waals surface area contributed by atoms with E-state index >= 15 is 0 Å². The molecule has 1 fully saturated rings. The van der Waals surface area contributed by atoms with Gasteiger partial charge in [-0.3, -0.25) is 4.79 Å². The molecule has 1 saturated carbocycles. The number of amides is 1. The van der Waals surface area contributed by atoms with Gasteiger partial charge in [0.1, 0.15) is 0 Å². The molecule has 0 saturated heterocycles. The molecule has 0 spiro atoms. The number of hydrogen-bond acceptors (Lipinski definition) is 2. The molecule has 1 aliphatic rings. The zero-order chi connectivity index (χ0) is 13.7. The predicted molar refractivity (Wildman–Crippen MR) is 79.5 cm³/mol. The van der Waals surface area contributed by atoms with Crippen LogP contribution in [0, 0.1) is 5.41 Å². The van der Waals surface area contributed by atoms with Crippen LogP contribution in [0.1, 0.15) is 49.4 Å². The molecule has 0 radical (unpaired) electrons. The average Bonchev–Trinajstić information content (AvgIpc) is 2.94. The molecule has 104 valence electrons. The first kappa shape index (κ1) is 13.9. The summed E-state index contributed by atoms with van der Waals surface area (Å²) in [4.78, 5) is 12.3. The summed E-state index contributed by atoms with van der Waals surface area (Å²) in [5.41, 5.74) is 1.95. The Morgan fingerprint density at radius 2 is 1.95 bits per heavy atom. The van der Waals surface area contributed by atoms with Crippen molar-refractivity contribution in [2.75, 3.05) is 18.9 Å². The molecule has 0 unspecified atom stereocenters. The van der Waals surface area contributed by atoms with Crippen LogP contribution < -0.4 is 10.6 Å². The van der Waals surface area contributed by atoms with Gasteiger partial charge < -0.3 is 10.6 Å². The van der Waals surface area contributed by atoms with Crippen molar-refractivity contribution in [1.82, 2.24) is 5.32 Å². The van der Waals surface area contributed by atoms with Crippen LogP contribution in [0.25, 0.3) is 0 Å². The molecular weight excluding hydrogens is 236 g/mol. The van der Waals surface area contributed by atoms with Crippen LogP contribution in [0.2, 0.25) is 0 Å². The molecular formula is C16H24N2O. The minimum absolute atomic E-state index is 0.0321. The molecule has 0 atom stereocenters. The normalized spacial score (nSPS) is 17.2. The number of rotatable bonds is 5. The maximum Gasteiger partial charge on any atom is 0.253 e. The Bertz CT molecular complexity index is 436. The topological polar surface area (TPSA) is 41.1 Å². The van der Waals surface area contributed by atoms with Gasteiger partial charge >= 0.3 is 0 Å². The first-order valence-corrected chi connectivity index (χ1v) is 7.26. The number of nitrogens with one attached hydrogen (secondary N) is 2. The number of carbonyl (C=O) groups is 1. The van der Waals surface area contributed by atoms with Crippen molar-refractivity contribution >= 4 is 11.6 Å². The van der Waals surface area contributed by atoms with Crippen LogP contribution in [0.5, 0.6) is 0 Å². The van der Waals surface area contributed by atoms with E-state index < -0.39 is 0 Å². The van der Waals surface area contributed by atoms with Crippen molar-refractivity contribution in [3.8, 4) is 0 Å². The standard InChI is InChI=1S/C16H24N2O/c1-3-16(10-6-7-11-16)12-18-15(19)13-8-4-5-9-14(13)17-2/h4-5,8-9,17H,3,6-7,10-12H2,1-2H3,(H,18,19). The first-order valence-electron chi connectivity index (χ1n) is 7.26. The molecule has 2 N–H and O–H groups in total. The SMILES string of the molecule is CCC1(CNC(=O)c2ccccc2NC)CCCC1. The molecule has 1 amide bonds. The molecule has 19 heavy (non-hydrogen) atoms. The lowest BCUT2D eigenvalue weighted by molar-refractivity contribution is 0.0929. The first-order chi connectivity index (χ1) is 9.21. The smallest absolute Gasteiger partial charge is 0.253 e. The molecule has 3 nitrogen and oxygen atoms in total. The third kappa shape index (κ3) is 3.09. The number of para-hydroxylation sites is 1. The van der Waals surface area contributed by atoms with E-state index in [1.54, 1.807) is 0 Å². The second-order valence-electron chi connectivity index (χ2n) is 5.54. The lowest BCUT2D eigenvalue weighted by Gasteiger charge is -2.27. The van der Waals surface area contributed by atoms with E-state index in [-0.39, 0.29) is 5.91 Å². The van der Waals surface area contributed by atoms with Gasteiger partial charge in [-0.2, -0.15) is 0 Å². The maximum absolute atomic E-state index is 12.3. The molecule has 0 aliphatic heterocycles. The molecule has 2 rings (SSSR count). The summed E-state index contributed by atoms with van der Waals surface area (Å²) in [5, 5.41) is 6.20. The van der Waals surface area contributed by atoms with E-state index in [4.69, 9.17) is 0 Å². The van der Waals surface area contributed by atoms with Crippen molar-refractivity contribution in [2.45, 2.75) is 39.0 Å². The highest BCUT2D eigenvalue weighted by molar-refractivity contribution is 5.99. The lowest BCUT2D eigenvalue weighted by atomic mass is 9.83. The summed E-state index contributed by atoms with van der Waals surface area (Å²) >= 11 is 0. The van der Waals surface area contributed by atoms with Crippen LogP contribution in [0.4, 0.5) is 5.69 Å². The van der Waals surface area contributed by atoms with Crippen molar-refractivity contribution in [3.05, 3.63) is 29.8 Å². The molecule has 0 heterocycles. The Kier molecular flexibility index (Phi) is 4.46. The predicted octanol–water partition coefficient (Wildman–Crippen LogP) is 3.43. The van der Waals surface area contributed by atoms with E-state index in [2.05, 4.69) is 17.6 Å². The van der Waals surface area contributed by atoms with E-state index in [9.17, 15) is 4.79 Å². The Morgan fingerprint density at radius 3 is 2.58 bits per heavy atom. The van der Waals surface area contributed by atoms with Gasteiger partial charge in [-0.25, -0.2) is 0 Å². The summed E-state index contributed by atoms with van der Waals surface area (Å²) in [6.45, 7) is 3.04. The monoisotopic (exact) mass is 260 g/mol. The fourth-order valence-corrected chi connectivity index (χ4v) is 3.04. The van der Waals surface area contributed by atoms with Gasteiger partial charge in [-0.1, -0.05) is 31.9 Å². The number of hydrogen-bond donors (Lipinski definition) is 2. The number of benzene rings is 1. The van der Waals surface area contributed by atoms with Crippen LogP contribution in [0.15, 0.2) is 24.3 Å². The van der Waals surface area contributed by atoms with Crippen molar-refractivity contribution < 1.29 is 4.79 Å². The maximum atomic E-state index is 12.3. The Balaban J connectivity index is 2.01. The highest BCUT2D eigenvalue weighted by Crippen LogP contribution is 2.40. The van der Waals surface area contributed by atoms with Gasteiger partial charge in [-0.05, 0) is 36.8 Å². The van der Waals surface area contributed by atoms with Gasteiger partial charge in [0, 0.05) is 19.3 Å². The fraction of sp³-hybridized carbons (Fsp3) is 0.562. The zero-order valence-electron chi connectivity index (χ0n) is 12.0. The van der Waals surface area contributed by atoms with Crippen molar-refractivity contribution in [2.24, 2.45) is 5.41 Å². The molecule has 3 heteroatoms. The summed E-state index contributed by atoms with van der Waals surface area (Å²) in [7, 11) is 1.84.